The predicted octanol–water partition coefficient (Wildman–Crippen LogP) is 10.3. The Morgan fingerprint density at radius 3 is 1.86 bits per heavy atom. The molecule has 0 saturated heterocycles. The van der Waals surface area contributed by atoms with Gasteiger partial charge in [-0.3, -0.25) is 0 Å². The van der Waals surface area contributed by atoms with Crippen molar-refractivity contribution in [2.24, 2.45) is 5.73 Å². The van der Waals surface area contributed by atoms with Crippen LogP contribution in [0, 0.1) is 0 Å². The van der Waals surface area contributed by atoms with Crippen LogP contribution in [-0.2, 0) is 6.42 Å². The van der Waals surface area contributed by atoms with E-state index in [-0.39, 0.29) is 0 Å². The molecule has 0 aliphatic heterocycles. The third kappa shape index (κ3) is 4.56. The van der Waals surface area contributed by atoms with Crippen LogP contribution in [0.25, 0.3) is 60.7 Å². The van der Waals surface area contributed by atoms with Crippen LogP contribution in [0.2, 0.25) is 0 Å². The standard InChI is InChI=1S/C41H30N2O/c42-37(29-13-5-2-6-14-29)26-31(20-19-28-11-3-1-4-12-28)30-21-23-40-35(25-30)36-27-32(22-24-41(36)44-40)43-38-17-9-7-15-33(38)34-16-8-10-18-39(34)43/h1-18,20-27H,19,42H2/b31-20+,37-26-. The maximum atomic E-state index is 6.65. The van der Waals surface area contributed by atoms with Crippen LogP contribution in [0.1, 0.15) is 16.7 Å². The lowest BCUT2D eigenvalue weighted by Gasteiger charge is -2.09. The van der Waals surface area contributed by atoms with Crippen LogP contribution in [-0.4, -0.2) is 4.57 Å². The van der Waals surface area contributed by atoms with Crippen molar-refractivity contribution in [3.05, 3.63) is 174 Å². The molecule has 2 N–H and O–H groups in total. The molecule has 2 heterocycles. The van der Waals surface area contributed by atoms with Crippen LogP contribution < -0.4 is 5.73 Å². The van der Waals surface area contributed by atoms with E-state index in [1.54, 1.807) is 0 Å². The van der Waals surface area contributed by atoms with Crippen molar-refractivity contribution in [2.75, 3.05) is 0 Å². The van der Waals surface area contributed by atoms with E-state index in [0.29, 0.717) is 0 Å². The molecule has 0 radical (unpaired) electrons. The van der Waals surface area contributed by atoms with E-state index in [1.807, 2.05) is 36.4 Å². The molecule has 0 aliphatic rings. The van der Waals surface area contributed by atoms with Gasteiger partial charge in [0.15, 0.2) is 0 Å². The SMILES string of the molecule is N/C(=C\C(=C/Cc1ccccc1)c1ccc2oc3ccc(-n4c5ccccc5c5ccccc54)cc3c2c1)c1ccccc1. The second-order valence-corrected chi connectivity index (χ2v) is 11.2. The zero-order valence-corrected chi connectivity index (χ0v) is 24.2. The number of hydrogen-bond acceptors (Lipinski definition) is 2. The summed E-state index contributed by atoms with van der Waals surface area (Å²) in [5, 5.41) is 4.66. The molecule has 3 heteroatoms. The summed E-state index contributed by atoms with van der Waals surface area (Å²) >= 11 is 0. The Kier molecular flexibility index (Phi) is 6.35. The van der Waals surface area contributed by atoms with Gasteiger partial charge >= 0.3 is 0 Å². The second kappa shape index (κ2) is 10.8. The number of para-hydroxylation sites is 2. The number of furan rings is 1. The maximum absolute atomic E-state index is 6.65. The van der Waals surface area contributed by atoms with Gasteiger partial charge in [0.1, 0.15) is 11.2 Å². The fraction of sp³-hybridized carbons (Fsp3) is 0.0244. The molecule has 6 aromatic carbocycles. The van der Waals surface area contributed by atoms with E-state index in [4.69, 9.17) is 10.2 Å². The number of nitrogens with two attached hydrogens (primary N) is 1. The second-order valence-electron chi connectivity index (χ2n) is 11.2. The molecule has 0 amide bonds. The number of hydrogen-bond donors (Lipinski definition) is 1. The van der Waals surface area contributed by atoms with Crippen molar-refractivity contribution in [3.63, 3.8) is 0 Å². The van der Waals surface area contributed by atoms with E-state index >= 15 is 0 Å². The fourth-order valence-corrected chi connectivity index (χ4v) is 6.27. The van der Waals surface area contributed by atoms with E-state index in [2.05, 4.69) is 126 Å². The first-order chi connectivity index (χ1) is 21.7. The topological polar surface area (TPSA) is 44.1 Å². The van der Waals surface area contributed by atoms with Gasteiger partial charge in [0.05, 0.1) is 11.0 Å². The lowest BCUT2D eigenvalue weighted by atomic mass is 9.98. The van der Waals surface area contributed by atoms with E-state index in [0.717, 1.165) is 56.4 Å². The van der Waals surface area contributed by atoms with Gasteiger partial charge in [0, 0.05) is 32.9 Å². The summed E-state index contributed by atoms with van der Waals surface area (Å²) in [6, 6.07) is 50.8. The van der Waals surface area contributed by atoms with Crippen LogP contribution in [0.4, 0.5) is 0 Å². The van der Waals surface area contributed by atoms with Gasteiger partial charge in [-0.15, -0.1) is 0 Å². The molecule has 44 heavy (non-hydrogen) atoms. The highest BCUT2D eigenvalue weighted by Gasteiger charge is 2.15. The number of allylic oxidation sites excluding steroid dienone is 3. The normalized spacial score (nSPS) is 12.5. The smallest absolute Gasteiger partial charge is 0.135 e. The molecule has 8 aromatic rings. The quantitative estimate of drug-likeness (QED) is 0.204. The number of aromatic nitrogens is 1. The van der Waals surface area contributed by atoms with Crippen molar-refractivity contribution < 1.29 is 4.42 Å². The summed E-state index contributed by atoms with van der Waals surface area (Å²) in [7, 11) is 0. The van der Waals surface area contributed by atoms with Gasteiger partial charge in [0.2, 0.25) is 0 Å². The van der Waals surface area contributed by atoms with Gasteiger partial charge < -0.3 is 14.7 Å². The van der Waals surface area contributed by atoms with Gasteiger partial charge in [0.25, 0.3) is 0 Å². The Hall–Kier alpha value is -5.80. The lowest BCUT2D eigenvalue weighted by molar-refractivity contribution is 0.669. The highest BCUT2D eigenvalue weighted by Crippen LogP contribution is 2.36. The molecule has 0 spiro atoms. The van der Waals surface area contributed by atoms with Crippen molar-refractivity contribution in [3.8, 4) is 5.69 Å². The van der Waals surface area contributed by atoms with Gasteiger partial charge in [-0.1, -0.05) is 109 Å². The first-order valence-electron chi connectivity index (χ1n) is 14.9. The summed E-state index contributed by atoms with van der Waals surface area (Å²) in [4.78, 5) is 0. The highest BCUT2D eigenvalue weighted by molar-refractivity contribution is 6.11. The number of fused-ring (bicyclic) bond motifs is 6. The zero-order chi connectivity index (χ0) is 29.5. The third-order valence-corrected chi connectivity index (χ3v) is 8.44. The molecule has 0 atom stereocenters. The van der Waals surface area contributed by atoms with Crippen molar-refractivity contribution >= 4 is 55.0 Å². The van der Waals surface area contributed by atoms with Crippen molar-refractivity contribution in [2.45, 2.75) is 6.42 Å². The molecular formula is C41H30N2O. The average Bonchev–Trinajstić information content (AvgIpc) is 3.62. The minimum atomic E-state index is 0.732. The molecule has 3 nitrogen and oxygen atoms in total. The monoisotopic (exact) mass is 566 g/mol. The molecule has 2 aromatic heterocycles. The van der Waals surface area contributed by atoms with Crippen LogP contribution >= 0.6 is 0 Å². The minimum absolute atomic E-state index is 0.732. The van der Waals surface area contributed by atoms with E-state index in [9.17, 15) is 0 Å². The van der Waals surface area contributed by atoms with Crippen LogP contribution in [0.5, 0.6) is 0 Å². The van der Waals surface area contributed by atoms with Crippen LogP contribution in [0.15, 0.2) is 162 Å². The Morgan fingerprint density at radius 1 is 0.568 bits per heavy atom. The molecule has 210 valence electrons. The van der Waals surface area contributed by atoms with Crippen molar-refractivity contribution in [1.82, 2.24) is 4.57 Å². The van der Waals surface area contributed by atoms with Crippen LogP contribution in [0.3, 0.4) is 0 Å². The molecule has 8 rings (SSSR count). The molecule has 0 saturated carbocycles. The summed E-state index contributed by atoms with van der Waals surface area (Å²) in [6.07, 6.45) is 5.15. The number of nitrogens with zero attached hydrogens (tertiary/aromatic N) is 1. The number of benzene rings is 6. The molecule has 0 aliphatic carbocycles. The first-order valence-corrected chi connectivity index (χ1v) is 14.9. The maximum Gasteiger partial charge on any atom is 0.135 e. The molecule has 0 fully saturated rings. The Morgan fingerprint density at radius 2 is 1.16 bits per heavy atom. The predicted molar refractivity (Wildman–Crippen MR) is 185 cm³/mol. The highest BCUT2D eigenvalue weighted by atomic mass is 16.3. The summed E-state index contributed by atoms with van der Waals surface area (Å²) in [5.41, 5.74) is 17.0. The van der Waals surface area contributed by atoms with Gasteiger partial charge in [-0.25, -0.2) is 0 Å². The Bertz CT molecular complexity index is 2300. The van der Waals surface area contributed by atoms with Gasteiger partial charge in [-0.05, 0) is 77.2 Å². The molecular weight excluding hydrogens is 536 g/mol. The third-order valence-electron chi connectivity index (χ3n) is 8.44. The summed E-state index contributed by atoms with van der Waals surface area (Å²) in [6.45, 7) is 0. The minimum Gasteiger partial charge on any atom is -0.456 e. The number of rotatable bonds is 6. The summed E-state index contributed by atoms with van der Waals surface area (Å²) in [5.74, 6) is 0. The molecule has 0 unspecified atom stereocenters. The molecule has 0 bridgehead atoms. The Labute approximate surface area is 255 Å². The summed E-state index contributed by atoms with van der Waals surface area (Å²) < 4.78 is 8.69. The zero-order valence-electron chi connectivity index (χ0n) is 24.2. The lowest BCUT2D eigenvalue weighted by Crippen LogP contribution is -1.97. The van der Waals surface area contributed by atoms with Gasteiger partial charge in [-0.2, -0.15) is 0 Å². The van der Waals surface area contributed by atoms with Crippen molar-refractivity contribution in [1.29, 1.82) is 0 Å². The van der Waals surface area contributed by atoms with E-state index < -0.39 is 0 Å². The fourth-order valence-electron chi connectivity index (χ4n) is 6.27. The Balaban J connectivity index is 1.29. The largest absolute Gasteiger partial charge is 0.456 e. The first kappa shape index (κ1) is 25.9. The van der Waals surface area contributed by atoms with E-state index in [1.165, 1.54) is 27.4 Å². The average molecular weight is 567 g/mol.